The zero-order valence-electron chi connectivity index (χ0n) is 12.9. The van der Waals surface area contributed by atoms with Crippen LogP contribution in [0, 0.1) is 29.6 Å². The Kier molecular flexibility index (Phi) is 5.23. The minimum Gasteiger partial charge on any atom is -0.393 e. The molecule has 0 saturated carbocycles. The van der Waals surface area contributed by atoms with Gasteiger partial charge < -0.3 is 10.8 Å². The molecule has 0 aliphatic heterocycles. The average Bonchev–Trinajstić information content (AvgIpc) is 2.53. The van der Waals surface area contributed by atoms with Crippen LogP contribution < -0.4 is 5.73 Å². The number of nitrogens with two attached hydrogens (primary N) is 1. The standard InChI is InChI=1S/C17H16N4OS/c1-10-3-5-12(6-4-10)15-13(7-18)16(20)21-17(14(15)8-19)23-9-11(2)22/h3-6,11,22H,9H2,1-2H3,(H2,20,21). The minimum atomic E-state index is -0.534. The Morgan fingerprint density at radius 1 is 1.22 bits per heavy atom. The quantitative estimate of drug-likeness (QED) is 0.837. The minimum absolute atomic E-state index is 0.0927. The number of rotatable bonds is 4. The molecule has 0 aliphatic carbocycles. The number of hydrogen-bond acceptors (Lipinski definition) is 6. The number of nitrogen functional groups attached to an aromatic ring is 1. The van der Waals surface area contributed by atoms with Crippen LogP contribution in [-0.4, -0.2) is 21.9 Å². The van der Waals surface area contributed by atoms with Gasteiger partial charge >= 0.3 is 0 Å². The van der Waals surface area contributed by atoms with Crippen molar-refractivity contribution < 1.29 is 5.11 Å². The number of nitrogens with zero attached hydrogens (tertiary/aromatic N) is 3. The number of hydrogen-bond donors (Lipinski definition) is 2. The molecule has 1 aromatic carbocycles. The summed E-state index contributed by atoms with van der Waals surface area (Å²) in [4.78, 5) is 4.18. The monoisotopic (exact) mass is 324 g/mol. The molecule has 0 saturated heterocycles. The first-order chi connectivity index (χ1) is 11.0. The van der Waals surface area contributed by atoms with Crippen LogP contribution in [0.25, 0.3) is 11.1 Å². The lowest BCUT2D eigenvalue weighted by Crippen LogP contribution is -2.07. The molecule has 0 bridgehead atoms. The molecule has 1 atom stereocenters. The van der Waals surface area contributed by atoms with E-state index in [1.54, 1.807) is 6.92 Å². The Balaban J connectivity index is 2.69. The summed E-state index contributed by atoms with van der Waals surface area (Å²) in [6.07, 6.45) is -0.534. The van der Waals surface area contributed by atoms with Gasteiger partial charge in [0.25, 0.3) is 0 Å². The second-order valence-electron chi connectivity index (χ2n) is 5.18. The van der Waals surface area contributed by atoms with Crippen molar-refractivity contribution >= 4 is 17.6 Å². The molecule has 5 nitrogen and oxygen atoms in total. The topological polar surface area (TPSA) is 107 Å². The molecule has 3 N–H and O–H groups in total. The van der Waals surface area contributed by atoms with E-state index in [4.69, 9.17) is 5.73 Å². The summed E-state index contributed by atoms with van der Waals surface area (Å²) in [5.74, 6) is 0.482. The number of thioether (sulfide) groups is 1. The summed E-state index contributed by atoms with van der Waals surface area (Å²) >= 11 is 1.25. The van der Waals surface area contributed by atoms with Gasteiger partial charge in [-0.1, -0.05) is 29.8 Å². The van der Waals surface area contributed by atoms with Gasteiger partial charge in [0.05, 0.1) is 11.7 Å². The van der Waals surface area contributed by atoms with Crippen LogP contribution in [0.15, 0.2) is 29.3 Å². The van der Waals surface area contributed by atoms with Gasteiger partial charge in [-0.2, -0.15) is 10.5 Å². The maximum Gasteiger partial charge on any atom is 0.143 e. The highest BCUT2D eigenvalue weighted by molar-refractivity contribution is 7.99. The lowest BCUT2D eigenvalue weighted by molar-refractivity contribution is 0.220. The van der Waals surface area contributed by atoms with Crippen molar-refractivity contribution in [1.82, 2.24) is 4.98 Å². The second kappa shape index (κ2) is 7.15. The van der Waals surface area contributed by atoms with Gasteiger partial charge in [0.1, 0.15) is 28.5 Å². The summed E-state index contributed by atoms with van der Waals surface area (Å²) in [6, 6.07) is 11.7. The van der Waals surface area contributed by atoms with Crippen LogP contribution in [0.3, 0.4) is 0 Å². The fourth-order valence-electron chi connectivity index (χ4n) is 2.11. The zero-order valence-corrected chi connectivity index (χ0v) is 13.7. The summed E-state index contributed by atoms with van der Waals surface area (Å²) in [6.45, 7) is 3.62. The summed E-state index contributed by atoms with van der Waals surface area (Å²) in [5.41, 5.74) is 8.75. The van der Waals surface area contributed by atoms with Gasteiger partial charge in [0.15, 0.2) is 0 Å². The molecule has 0 spiro atoms. The van der Waals surface area contributed by atoms with Gasteiger partial charge in [-0.05, 0) is 19.4 Å². The van der Waals surface area contributed by atoms with Gasteiger partial charge in [0, 0.05) is 11.3 Å². The van der Waals surface area contributed by atoms with Crippen LogP contribution in [0.2, 0.25) is 0 Å². The van der Waals surface area contributed by atoms with Crippen molar-refractivity contribution in [2.24, 2.45) is 0 Å². The van der Waals surface area contributed by atoms with Crippen molar-refractivity contribution in [1.29, 1.82) is 10.5 Å². The van der Waals surface area contributed by atoms with Gasteiger partial charge in [-0.15, -0.1) is 11.8 Å². The van der Waals surface area contributed by atoms with Crippen molar-refractivity contribution in [2.45, 2.75) is 25.0 Å². The normalized spacial score (nSPS) is 11.5. The van der Waals surface area contributed by atoms with E-state index in [9.17, 15) is 15.6 Å². The molecule has 0 amide bonds. The van der Waals surface area contributed by atoms with Gasteiger partial charge in [-0.25, -0.2) is 4.98 Å². The number of aliphatic hydroxyl groups excluding tert-OH is 1. The van der Waals surface area contributed by atoms with E-state index in [2.05, 4.69) is 11.1 Å². The van der Waals surface area contributed by atoms with E-state index < -0.39 is 6.10 Å². The van der Waals surface area contributed by atoms with Crippen molar-refractivity contribution in [2.75, 3.05) is 11.5 Å². The fourth-order valence-corrected chi connectivity index (χ4v) is 2.97. The van der Waals surface area contributed by atoms with Crippen molar-refractivity contribution in [3.05, 3.63) is 41.0 Å². The first kappa shape index (κ1) is 16.8. The Morgan fingerprint density at radius 3 is 2.35 bits per heavy atom. The molecule has 0 aliphatic rings. The Labute approximate surface area is 139 Å². The summed E-state index contributed by atoms with van der Waals surface area (Å²) in [7, 11) is 0. The first-order valence-corrected chi connectivity index (χ1v) is 7.98. The first-order valence-electron chi connectivity index (χ1n) is 6.99. The van der Waals surface area contributed by atoms with E-state index in [1.807, 2.05) is 37.3 Å². The molecule has 1 aromatic heterocycles. The number of aliphatic hydroxyl groups is 1. The second-order valence-corrected chi connectivity index (χ2v) is 6.19. The van der Waals surface area contributed by atoms with Crippen LogP contribution >= 0.6 is 11.8 Å². The van der Waals surface area contributed by atoms with E-state index >= 15 is 0 Å². The largest absolute Gasteiger partial charge is 0.393 e. The maximum absolute atomic E-state index is 9.58. The van der Waals surface area contributed by atoms with Crippen molar-refractivity contribution in [3.8, 4) is 23.3 Å². The molecule has 23 heavy (non-hydrogen) atoms. The summed E-state index contributed by atoms with van der Waals surface area (Å²) < 4.78 is 0. The Hall–Kier alpha value is -2.54. The molecule has 2 aromatic rings. The lowest BCUT2D eigenvalue weighted by atomic mass is 9.96. The Bertz CT molecular complexity index is 801. The number of nitriles is 2. The summed E-state index contributed by atoms with van der Waals surface area (Å²) in [5, 5.41) is 28.9. The lowest BCUT2D eigenvalue weighted by Gasteiger charge is -2.13. The predicted octanol–water partition coefficient (Wildman–Crippen LogP) is 2.86. The van der Waals surface area contributed by atoms with Crippen LogP contribution in [0.4, 0.5) is 5.82 Å². The SMILES string of the molecule is Cc1ccc(-c2c(C#N)c(N)nc(SCC(C)O)c2C#N)cc1. The van der Waals surface area contributed by atoms with E-state index in [1.165, 1.54) is 11.8 Å². The van der Waals surface area contributed by atoms with E-state index in [0.717, 1.165) is 11.1 Å². The molecular weight excluding hydrogens is 308 g/mol. The molecule has 2 rings (SSSR count). The Morgan fingerprint density at radius 2 is 1.83 bits per heavy atom. The molecule has 0 fully saturated rings. The third-order valence-electron chi connectivity index (χ3n) is 3.22. The average molecular weight is 324 g/mol. The van der Waals surface area contributed by atoms with Crippen LogP contribution in [0.5, 0.6) is 0 Å². The number of benzene rings is 1. The third-order valence-corrected chi connectivity index (χ3v) is 4.44. The molecule has 6 heteroatoms. The molecule has 1 unspecified atom stereocenters. The zero-order chi connectivity index (χ0) is 17.0. The molecular formula is C17H16N4OS. The van der Waals surface area contributed by atoms with E-state index in [0.29, 0.717) is 21.9 Å². The van der Waals surface area contributed by atoms with Crippen LogP contribution in [0.1, 0.15) is 23.6 Å². The fraction of sp³-hybridized carbons (Fsp3) is 0.235. The maximum atomic E-state index is 9.58. The smallest absolute Gasteiger partial charge is 0.143 e. The third kappa shape index (κ3) is 3.62. The number of aryl methyl sites for hydroxylation is 1. The molecule has 0 radical (unpaired) electrons. The van der Waals surface area contributed by atoms with Gasteiger partial charge in [-0.3, -0.25) is 0 Å². The highest BCUT2D eigenvalue weighted by Gasteiger charge is 2.20. The predicted molar refractivity (Wildman–Crippen MR) is 90.7 cm³/mol. The van der Waals surface area contributed by atoms with E-state index in [-0.39, 0.29) is 11.4 Å². The molecule has 116 valence electrons. The van der Waals surface area contributed by atoms with Gasteiger partial charge in [0.2, 0.25) is 0 Å². The number of anilines is 1. The highest BCUT2D eigenvalue weighted by atomic mass is 32.2. The van der Waals surface area contributed by atoms with Crippen LogP contribution in [-0.2, 0) is 0 Å². The molecule has 1 heterocycles. The van der Waals surface area contributed by atoms with Crippen molar-refractivity contribution in [3.63, 3.8) is 0 Å². The number of aromatic nitrogens is 1. The highest BCUT2D eigenvalue weighted by Crippen LogP contribution is 2.35. The number of pyridine rings is 1.